The number of aryl methyl sites for hydroxylation is 1. The Kier molecular flexibility index (Phi) is 4.40. The Balaban J connectivity index is 1.96. The number of nitro benzene ring substituents is 1. The molecule has 2 N–H and O–H groups in total. The third-order valence-electron chi connectivity index (χ3n) is 3.96. The van der Waals surface area contributed by atoms with Crippen molar-refractivity contribution in [3.63, 3.8) is 0 Å². The standard InChI is InChI=1S/C18H16N4O4/c1-11-17(12(2)21(20-11)13-6-4-3-5-7-13)18(24)19-15-10-14(22(25)26)8-9-16(15)23/h3-10,23H,1-2H3,(H,19,24). The number of para-hydroxylation sites is 1. The van der Waals surface area contributed by atoms with E-state index in [1.807, 2.05) is 30.3 Å². The first kappa shape index (κ1) is 17.2. The zero-order valence-corrected chi connectivity index (χ0v) is 14.1. The Morgan fingerprint density at radius 2 is 1.88 bits per heavy atom. The smallest absolute Gasteiger partial charge is 0.271 e. The number of amides is 1. The molecule has 0 saturated heterocycles. The summed E-state index contributed by atoms with van der Waals surface area (Å²) in [5, 5.41) is 27.7. The van der Waals surface area contributed by atoms with Crippen molar-refractivity contribution >= 4 is 17.3 Å². The molecule has 0 fully saturated rings. The Morgan fingerprint density at radius 1 is 1.19 bits per heavy atom. The molecular weight excluding hydrogens is 336 g/mol. The minimum absolute atomic E-state index is 0.0320. The molecule has 1 aromatic heterocycles. The number of carbonyl (C=O) groups is 1. The van der Waals surface area contributed by atoms with E-state index in [4.69, 9.17) is 0 Å². The van der Waals surface area contributed by atoms with E-state index in [1.165, 1.54) is 6.07 Å². The summed E-state index contributed by atoms with van der Waals surface area (Å²) in [5.41, 5.74) is 2.02. The number of hydrogen-bond donors (Lipinski definition) is 2. The summed E-state index contributed by atoms with van der Waals surface area (Å²) in [7, 11) is 0. The van der Waals surface area contributed by atoms with Gasteiger partial charge >= 0.3 is 0 Å². The number of nitrogens with zero attached hydrogens (tertiary/aromatic N) is 3. The van der Waals surface area contributed by atoms with Gasteiger partial charge in [0.25, 0.3) is 11.6 Å². The van der Waals surface area contributed by atoms with Crippen LogP contribution in [0.1, 0.15) is 21.7 Å². The molecule has 0 atom stereocenters. The van der Waals surface area contributed by atoms with Gasteiger partial charge in [0, 0.05) is 12.1 Å². The lowest BCUT2D eigenvalue weighted by molar-refractivity contribution is -0.384. The summed E-state index contributed by atoms with van der Waals surface area (Å²) in [6.07, 6.45) is 0. The molecule has 8 heteroatoms. The number of nitrogens with one attached hydrogen (secondary N) is 1. The van der Waals surface area contributed by atoms with Gasteiger partial charge in [0.2, 0.25) is 0 Å². The van der Waals surface area contributed by atoms with Crippen LogP contribution in [-0.2, 0) is 0 Å². The minimum atomic E-state index is -0.598. The normalized spacial score (nSPS) is 10.5. The number of phenolic OH excluding ortho intramolecular Hbond substituents is 1. The molecule has 0 unspecified atom stereocenters. The van der Waals surface area contributed by atoms with Crippen molar-refractivity contribution in [2.75, 3.05) is 5.32 Å². The molecule has 0 saturated carbocycles. The zero-order chi connectivity index (χ0) is 18.8. The fraction of sp³-hybridized carbons (Fsp3) is 0.111. The molecule has 1 heterocycles. The van der Waals surface area contributed by atoms with Gasteiger partial charge in [0.15, 0.2) is 0 Å². The highest BCUT2D eigenvalue weighted by Gasteiger charge is 2.21. The SMILES string of the molecule is Cc1nn(-c2ccccc2)c(C)c1C(=O)Nc1cc([N+](=O)[O-])ccc1O. The lowest BCUT2D eigenvalue weighted by Gasteiger charge is -2.08. The van der Waals surface area contributed by atoms with Crippen LogP contribution in [0.5, 0.6) is 5.75 Å². The van der Waals surface area contributed by atoms with Crippen molar-refractivity contribution in [2.24, 2.45) is 0 Å². The van der Waals surface area contributed by atoms with Crippen LogP contribution >= 0.6 is 0 Å². The van der Waals surface area contributed by atoms with Crippen LogP contribution in [0, 0.1) is 24.0 Å². The molecule has 3 rings (SSSR count). The molecule has 0 spiro atoms. The van der Waals surface area contributed by atoms with Gasteiger partial charge in [-0.25, -0.2) is 4.68 Å². The second-order valence-electron chi connectivity index (χ2n) is 5.71. The van der Waals surface area contributed by atoms with Gasteiger partial charge in [-0.05, 0) is 32.0 Å². The quantitative estimate of drug-likeness (QED) is 0.425. The van der Waals surface area contributed by atoms with Crippen molar-refractivity contribution in [2.45, 2.75) is 13.8 Å². The van der Waals surface area contributed by atoms with Gasteiger partial charge in [0.05, 0.1) is 33.2 Å². The highest BCUT2D eigenvalue weighted by atomic mass is 16.6. The molecule has 0 aliphatic rings. The van der Waals surface area contributed by atoms with Crippen LogP contribution in [-0.4, -0.2) is 25.7 Å². The summed E-state index contributed by atoms with van der Waals surface area (Å²) < 4.78 is 1.65. The Hall–Kier alpha value is -3.68. The van der Waals surface area contributed by atoms with E-state index in [-0.39, 0.29) is 17.1 Å². The Morgan fingerprint density at radius 3 is 2.54 bits per heavy atom. The number of aromatic hydroxyl groups is 1. The van der Waals surface area contributed by atoms with Crippen molar-refractivity contribution in [1.29, 1.82) is 0 Å². The Labute approximate surface area is 148 Å². The van der Waals surface area contributed by atoms with Gasteiger partial charge in [-0.15, -0.1) is 0 Å². The molecule has 0 bridgehead atoms. The van der Waals surface area contributed by atoms with Gasteiger partial charge in [-0.1, -0.05) is 18.2 Å². The molecule has 8 nitrogen and oxygen atoms in total. The fourth-order valence-corrected chi connectivity index (χ4v) is 2.71. The highest BCUT2D eigenvalue weighted by Crippen LogP contribution is 2.29. The molecule has 132 valence electrons. The van der Waals surface area contributed by atoms with E-state index in [9.17, 15) is 20.0 Å². The summed E-state index contributed by atoms with van der Waals surface area (Å²) >= 11 is 0. The van der Waals surface area contributed by atoms with Crippen molar-refractivity contribution < 1.29 is 14.8 Å². The predicted molar refractivity (Wildman–Crippen MR) is 95.8 cm³/mol. The highest BCUT2D eigenvalue weighted by molar-refractivity contribution is 6.06. The first-order valence-corrected chi connectivity index (χ1v) is 7.79. The van der Waals surface area contributed by atoms with E-state index in [0.29, 0.717) is 17.0 Å². The summed E-state index contributed by atoms with van der Waals surface area (Å²) in [6, 6.07) is 12.8. The van der Waals surface area contributed by atoms with Crippen LogP contribution in [0.4, 0.5) is 11.4 Å². The predicted octanol–water partition coefficient (Wildman–Crippen LogP) is 3.36. The van der Waals surface area contributed by atoms with Gasteiger partial charge in [-0.2, -0.15) is 5.10 Å². The minimum Gasteiger partial charge on any atom is -0.506 e. The fourth-order valence-electron chi connectivity index (χ4n) is 2.71. The molecule has 2 aromatic carbocycles. The average Bonchev–Trinajstić information content (AvgIpc) is 2.92. The van der Waals surface area contributed by atoms with E-state index in [0.717, 1.165) is 17.8 Å². The Bertz CT molecular complexity index is 996. The van der Waals surface area contributed by atoms with Crippen LogP contribution in [0.25, 0.3) is 5.69 Å². The van der Waals surface area contributed by atoms with E-state index in [1.54, 1.807) is 18.5 Å². The molecule has 1 amide bonds. The number of benzene rings is 2. The first-order chi connectivity index (χ1) is 12.4. The lowest BCUT2D eigenvalue weighted by Crippen LogP contribution is -2.14. The van der Waals surface area contributed by atoms with E-state index < -0.39 is 10.8 Å². The van der Waals surface area contributed by atoms with Crippen molar-refractivity contribution in [3.05, 3.63) is 75.6 Å². The number of carbonyl (C=O) groups excluding carboxylic acids is 1. The maximum Gasteiger partial charge on any atom is 0.271 e. The number of non-ortho nitro benzene ring substituents is 1. The number of hydrogen-bond acceptors (Lipinski definition) is 5. The third-order valence-corrected chi connectivity index (χ3v) is 3.96. The van der Waals surface area contributed by atoms with Gasteiger partial charge in [-0.3, -0.25) is 14.9 Å². The largest absolute Gasteiger partial charge is 0.506 e. The number of phenols is 1. The molecule has 0 aliphatic carbocycles. The van der Waals surface area contributed by atoms with Crippen molar-refractivity contribution in [3.8, 4) is 11.4 Å². The average molecular weight is 352 g/mol. The maximum absolute atomic E-state index is 12.7. The number of nitro groups is 1. The molecular formula is C18H16N4O4. The number of anilines is 1. The molecule has 0 radical (unpaired) electrons. The van der Waals surface area contributed by atoms with Crippen LogP contribution in [0.3, 0.4) is 0 Å². The molecule has 26 heavy (non-hydrogen) atoms. The second-order valence-corrected chi connectivity index (χ2v) is 5.71. The van der Waals surface area contributed by atoms with Crippen molar-refractivity contribution in [1.82, 2.24) is 9.78 Å². The van der Waals surface area contributed by atoms with E-state index >= 15 is 0 Å². The van der Waals surface area contributed by atoms with Gasteiger partial charge < -0.3 is 10.4 Å². The van der Waals surface area contributed by atoms with Gasteiger partial charge in [0.1, 0.15) is 5.75 Å². The lowest BCUT2D eigenvalue weighted by atomic mass is 10.1. The first-order valence-electron chi connectivity index (χ1n) is 7.79. The number of aromatic nitrogens is 2. The number of rotatable bonds is 4. The maximum atomic E-state index is 12.7. The third kappa shape index (κ3) is 3.12. The summed E-state index contributed by atoms with van der Waals surface area (Å²) in [6.45, 7) is 3.46. The topological polar surface area (TPSA) is 110 Å². The summed E-state index contributed by atoms with van der Waals surface area (Å²) in [5.74, 6) is -0.757. The zero-order valence-electron chi connectivity index (χ0n) is 14.1. The summed E-state index contributed by atoms with van der Waals surface area (Å²) in [4.78, 5) is 23.0. The van der Waals surface area contributed by atoms with Crippen LogP contribution < -0.4 is 5.32 Å². The van der Waals surface area contributed by atoms with E-state index in [2.05, 4.69) is 10.4 Å². The van der Waals surface area contributed by atoms with Crippen LogP contribution in [0.15, 0.2) is 48.5 Å². The van der Waals surface area contributed by atoms with Crippen LogP contribution in [0.2, 0.25) is 0 Å². The molecule has 0 aliphatic heterocycles. The second kappa shape index (κ2) is 6.67. The monoisotopic (exact) mass is 352 g/mol. The molecule has 3 aromatic rings.